The molecule has 0 radical (unpaired) electrons. The molecule has 19 heavy (non-hydrogen) atoms. The van der Waals surface area contributed by atoms with Gasteiger partial charge in [0.25, 0.3) is 0 Å². The summed E-state index contributed by atoms with van der Waals surface area (Å²) in [4.78, 5) is 7.21. The van der Waals surface area contributed by atoms with Crippen LogP contribution in [-0.4, -0.2) is 16.0 Å². The molecule has 100 valence electrons. The molecule has 2 aromatic rings. The molecular weight excluding hydrogens is 234 g/mol. The molecule has 3 nitrogen and oxygen atoms in total. The maximum atomic E-state index is 4.06. The van der Waals surface area contributed by atoms with E-state index in [9.17, 15) is 0 Å². The van der Waals surface area contributed by atoms with Crippen molar-refractivity contribution < 1.29 is 0 Å². The lowest BCUT2D eigenvalue weighted by Crippen LogP contribution is -2.33. The van der Waals surface area contributed by atoms with Gasteiger partial charge in [-0.25, -0.2) is 4.98 Å². The number of aromatic nitrogens is 2. The van der Waals surface area contributed by atoms with Gasteiger partial charge in [0.2, 0.25) is 0 Å². The summed E-state index contributed by atoms with van der Waals surface area (Å²) in [7, 11) is 0. The van der Waals surface area contributed by atoms with Gasteiger partial charge in [-0.05, 0) is 30.7 Å². The molecule has 0 saturated heterocycles. The van der Waals surface area contributed by atoms with E-state index < -0.39 is 0 Å². The Morgan fingerprint density at radius 1 is 1.21 bits per heavy atom. The highest BCUT2D eigenvalue weighted by atomic mass is 15.0. The van der Waals surface area contributed by atoms with Crippen molar-refractivity contribution in [2.75, 3.05) is 0 Å². The van der Waals surface area contributed by atoms with Crippen LogP contribution in [0.3, 0.4) is 0 Å². The van der Waals surface area contributed by atoms with Crippen molar-refractivity contribution in [2.45, 2.75) is 38.3 Å². The van der Waals surface area contributed by atoms with E-state index in [-0.39, 0.29) is 0 Å². The van der Waals surface area contributed by atoms with Crippen molar-refractivity contribution in [2.24, 2.45) is 5.92 Å². The van der Waals surface area contributed by atoms with Gasteiger partial charge in [0.05, 0.1) is 6.33 Å². The second-order valence-electron chi connectivity index (χ2n) is 5.44. The number of benzene rings is 1. The zero-order chi connectivity index (χ0) is 12.9. The Morgan fingerprint density at radius 2 is 2.11 bits per heavy atom. The summed E-state index contributed by atoms with van der Waals surface area (Å²) in [6, 6.07) is 11.5. The van der Waals surface area contributed by atoms with Gasteiger partial charge in [-0.3, -0.25) is 0 Å². The summed E-state index contributed by atoms with van der Waals surface area (Å²) in [5.74, 6) is 0.769. The first-order chi connectivity index (χ1) is 9.42. The summed E-state index contributed by atoms with van der Waals surface area (Å²) < 4.78 is 0. The number of hydrogen-bond acceptors (Lipinski definition) is 2. The van der Waals surface area contributed by atoms with Crippen molar-refractivity contribution in [1.29, 1.82) is 0 Å². The highest BCUT2D eigenvalue weighted by molar-refractivity contribution is 5.16. The lowest BCUT2D eigenvalue weighted by molar-refractivity contribution is 0.395. The van der Waals surface area contributed by atoms with Crippen LogP contribution in [0.5, 0.6) is 0 Å². The molecule has 1 saturated carbocycles. The average molecular weight is 255 g/mol. The molecule has 1 aliphatic rings. The summed E-state index contributed by atoms with van der Waals surface area (Å²) in [6.45, 7) is 0.899. The molecule has 2 N–H and O–H groups in total. The zero-order valence-electron chi connectivity index (χ0n) is 11.2. The van der Waals surface area contributed by atoms with Crippen LogP contribution in [0.2, 0.25) is 0 Å². The van der Waals surface area contributed by atoms with E-state index in [0.29, 0.717) is 6.04 Å². The van der Waals surface area contributed by atoms with E-state index in [4.69, 9.17) is 0 Å². The van der Waals surface area contributed by atoms with Crippen molar-refractivity contribution in [3.63, 3.8) is 0 Å². The smallest absolute Gasteiger partial charge is 0.0922 e. The molecule has 0 amide bonds. The standard InChI is InChI=1S/C16H21N3/c1-2-5-13(6-3-1)9-14-7-4-8-16(14)18-11-15-10-17-12-19-15/h1-3,5-6,10,12,14,16,18H,4,7-9,11H2,(H,17,19). The summed E-state index contributed by atoms with van der Waals surface area (Å²) in [5, 5.41) is 3.68. The van der Waals surface area contributed by atoms with Crippen LogP contribution in [0.1, 0.15) is 30.5 Å². The quantitative estimate of drug-likeness (QED) is 0.862. The van der Waals surface area contributed by atoms with Gasteiger partial charge >= 0.3 is 0 Å². The van der Waals surface area contributed by atoms with Gasteiger partial charge < -0.3 is 10.3 Å². The monoisotopic (exact) mass is 255 g/mol. The van der Waals surface area contributed by atoms with Crippen LogP contribution in [0.25, 0.3) is 0 Å². The van der Waals surface area contributed by atoms with Crippen LogP contribution in [0.15, 0.2) is 42.9 Å². The Labute approximate surface area is 114 Å². The largest absolute Gasteiger partial charge is 0.347 e. The molecule has 1 heterocycles. The number of hydrogen-bond donors (Lipinski definition) is 2. The van der Waals surface area contributed by atoms with E-state index in [1.807, 2.05) is 6.20 Å². The minimum absolute atomic E-state index is 0.642. The molecule has 1 aliphatic carbocycles. The summed E-state index contributed by atoms with van der Waals surface area (Å²) in [5.41, 5.74) is 2.63. The van der Waals surface area contributed by atoms with E-state index in [1.54, 1.807) is 6.33 Å². The Kier molecular flexibility index (Phi) is 3.94. The van der Waals surface area contributed by atoms with Gasteiger partial charge in [0.1, 0.15) is 0 Å². The minimum atomic E-state index is 0.642. The second kappa shape index (κ2) is 6.02. The van der Waals surface area contributed by atoms with E-state index >= 15 is 0 Å². The lowest BCUT2D eigenvalue weighted by atomic mass is 9.94. The normalized spacial score (nSPS) is 22.7. The van der Waals surface area contributed by atoms with Crippen molar-refractivity contribution in [1.82, 2.24) is 15.3 Å². The molecule has 0 aliphatic heterocycles. The molecule has 0 spiro atoms. The molecular formula is C16H21N3. The number of aromatic amines is 1. The fraction of sp³-hybridized carbons (Fsp3) is 0.438. The predicted octanol–water partition coefficient (Wildman–Crippen LogP) is 2.91. The summed E-state index contributed by atoms with van der Waals surface area (Å²) >= 11 is 0. The fourth-order valence-corrected chi connectivity index (χ4v) is 3.09. The van der Waals surface area contributed by atoms with E-state index in [1.165, 1.54) is 36.9 Å². The maximum absolute atomic E-state index is 4.06. The third-order valence-electron chi connectivity index (χ3n) is 4.11. The van der Waals surface area contributed by atoms with Crippen molar-refractivity contribution in [3.8, 4) is 0 Å². The highest BCUT2D eigenvalue weighted by Gasteiger charge is 2.26. The highest BCUT2D eigenvalue weighted by Crippen LogP contribution is 2.29. The number of nitrogens with one attached hydrogen (secondary N) is 2. The maximum Gasteiger partial charge on any atom is 0.0922 e. The minimum Gasteiger partial charge on any atom is -0.347 e. The molecule has 3 rings (SSSR count). The van der Waals surface area contributed by atoms with Gasteiger partial charge in [0, 0.05) is 24.5 Å². The van der Waals surface area contributed by atoms with Crippen LogP contribution >= 0.6 is 0 Å². The molecule has 1 fully saturated rings. The summed E-state index contributed by atoms with van der Waals surface area (Å²) in [6.07, 6.45) is 8.82. The van der Waals surface area contributed by atoms with E-state index in [0.717, 1.165) is 12.5 Å². The fourth-order valence-electron chi connectivity index (χ4n) is 3.09. The van der Waals surface area contributed by atoms with Crippen LogP contribution in [-0.2, 0) is 13.0 Å². The SMILES string of the molecule is c1ccc(CC2CCCC2NCc2cnc[nH]2)cc1. The number of rotatable bonds is 5. The molecule has 3 heteroatoms. The molecule has 1 aromatic carbocycles. The van der Waals surface area contributed by atoms with Crippen LogP contribution in [0, 0.1) is 5.92 Å². The zero-order valence-corrected chi connectivity index (χ0v) is 11.2. The van der Waals surface area contributed by atoms with Crippen LogP contribution in [0.4, 0.5) is 0 Å². The first-order valence-corrected chi connectivity index (χ1v) is 7.16. The molecule has 1 aromatic heterocycles. The Hall–Kier alpha value is -1.61. The van der Waals surface area contributed by atoms with E-state index in [2.05, 4.69) is 45.6 Å². The van der Waals surface area contributed by atoms with Crippen LogP contribution < -0.4 is 5.32 Å². The predicted molar refractivity (Wildman–Crippen MR) is 76.7 cm³/mol. The second-order valence-corrected chi connectivity index (χ2v) is 5.44. The van der Waals surface area contributed by atoms with Gasteiger partial charge in [-0.15, -0.1) is 0 Å². The van der Waals surface area contributed by atoms with Gasteiger partial charge in [0.15, 0.2) is 0 Å². The van der Waals surface area contributed by atoms with Gasteiger partial charge in [-0.1, -0.05) is 36.8 Å². The third kappa shape index (κ3) is 3.24. The average Bonchev–Trinajstić information content (AvgIpc) is 3.09. The molecule has 2 unspecified atom stereocenters. The van der Waals surface area contributed by atoms with Gasteiger partial charge in [-0.2, -0.15) is 0 Å². The molecule has 0 bridgehead atoms. The van der Waals surface area contributed by atoms with Crippen molar-refractivity contribution >= 4 is 0 Å². The first kappa shape index (κ1) is 12.4. The third-order valence-corrected chi connectivity index (χ3v) is 4.11. The number of H-pyrrole nitrogens is 1. The Bertz CT molecular complexity index is 478. The first-order valence-electron chi connectivity index (χ1n) is 7.16. The Morgan fingerprint density at radius 3 is 2.89 bits per heavy atom. The lowest BCUT2D eigenvalue weighted by Gasteiger charge is -2.21. The Balaban J connectivity index is 1.56. The molecule has 2 atom stereocenters. The van der Waals surface area contributed by atoms with Crippen molar-refractivity contribution in [3.05, 3.63) is 54.1 Å². The topological polar surface area (TPSA) is 40.7 Å². The number of imidazole rings is 1. The number of nitrogens with zero attached hydrogens (tertiary/aromatic N) is 1.